The lowest BCUT2D eigenvalue weighted by molar-refractivity contribution is -0.166. The van der Waals surface area contributed by atoms with E-state index in [1.807, 2.05) is 18.2 Å². The van der Waals surface area contributed by atoms with Crippen molar-refractivity contribution < 1.29 is 16.8 Å². The van der Waals surface area contributed by atoms with Gasteiger partial charge in [0.1, 0.15) is 0 Å². The molecular formula is C9H11NO4S. The van der Waals surface area contributed by atoms with Crippen LogP contribution in [-0.4, -0.2) is 14.3 Å². The second kappa shape index (κ2) is 3.48. The Labute approximate surface area is 88.3 Å². The van der Waals surface area contributed by atoms with Crippen molar-refractivity contribution in [3.8, 4) is 0 Å². The Kier molecular flexibility index (Phi) is 2.41. The summed E-state index contributed by atoms with van der Waals surface area (Å²) < 4.78 is 30.9. The summed E-state index contributed by atoms with van der Waals surface area (Å²) in [7, 11) is -3.78. The minimum absolute atomic E-state index is 0.390. The standard InChI is InChI=1S/C9H11NO4S/c1-2-9(13-15(11,12)14-9)10-8-6-4-3-5-7-8/h3-7,10H,2H2,1H3. The molecule has 1 aromatic rings. The Bertz CT molecular complexity index is 430. The number of nitrogens with one attached hydrogen (secondary N) is 1. The number of hydrogen-bond donors (Lipinski definition) is 1. The zero-order chi connectivity index (χ0) is 10.9. The maximum absolute atomic E-state index is 10.8. The SMILES string of the molecule is CCC1(Nc2ccccc2)OS(=O)(=O)O1. The van der Waals surface area contributed by atoms with Gasteiger partial charge in [-0.2, -0.15) is 16.8 Å². The van der Waals surface area contributed by atoms with Gasteiger partial charge in [-0.05, 0) is 12.1 Å². The van der Waals surface area contributed by atoms with Crippen molar-refractivity contribution in [3.63, 3.8) is 0 Å². The van der Waals surface area contributed by atoms with E-state index in [1.54, 1.807) is 19.1 Å². The average molecular weight is 229 g/mol. The van der Waals surface area contributed by atoms with Crippen LogP contribution in [0.2, 0.25) is 0 Å². The van der Waals surface area contributed by atoms with Gasteiger partial charge in [0, 0.05) is 12.1 Å². The molecule has 5 nitrogen and oxygen atoms in total. The molecule has 0 aromatic heterocycles. The Morgan fingerprint density at radius 3 is 2.33 bits per heavy atom. The van der Waals surface area contributed by atoms with Gasteiger partial charge in [-0.15, -0.1) is 0 Å². The van der Waals surface area contributed by atoms with Crippen LogP contribution in [0.15, 0.2) is 30.3 Å². The van der Waals surface area contributed by atoms with Crippen molar-refractivity contribution >= 4 is 16.1 Å². The van der Waals surface area contributed by atoms with E-state index in [2.05, 4.69) is 5.32 Å². The van der Waals surface area contributed by atoms with Crippen LogP contribution >= 0.6 is 0 Å². The van der Waals surface area contributed by atoms with Crippen LogP contribution in [0.4, 0.5) is 5.69 Å². The lowest BCUT2D eigenvalue weighted by atomic mass is 10.3. The molecule has 2 rings (SSSR count). The molecule has 15 heavy (non-hydrogen) atoms. The zero-order valence-electron chi connectivity index (χ0n) is 8.14. The third-order valence-electron chi connectivity index (χ3n) is 2.05. The Hall–Kier alpha value is -1.11. The molecule has 82 valence electrons. The van der Waals surface area contributed by atoms with Gasteiger partial charge in [-0.25, -0.2) is 0 Å². The highest BCUT2D eigenvalue weighted by Crippen LogP contribution is 2.34. The third kappa shape index (κ3) is 2.11. The number of benzene rings is 1. The second-order valence-corrected chi connectivity index (χ2v) is 4.32. The Balaban J connectivity index is 2.12. The summed E-state index contributed by atoms with van der Waals surface area (Å²) in [6.07, 6.45) is 0.390. The molecule has 1 heterocycles. The van der Waals surface area contributed by atoms with Crippen LogP contribution in [-0.2, 0) is 18.8 Å². The van der Waals surface area contributed by atoms with Gasteiger partial charge < -0.3 is 5.32 Å². The first-order valence-corrected chi connectivity index (χ1v) is 5.88. The van der Waals surface area contributed by atoms with Gasteiger partial charge in [0.25, 0.3) is 5.91 Å². The van der Waals surface area contributed by atoms with E-state index < -0.39 is 16.3 Å². The minimum Gasteiger partial charge on any atom is -0.333 e. The quantitative estimate of drug-likeness (QED) is 0.849. The zero-order valence-corrected chi connectivity index (χ0v) is 8.95. The van der Waals surface area contributed by atoms with Crippen LogP contribution in [0.25, 0.3) is 0 Å². The largest absolute Gasteiger partial charge is 0.408 e. The molecule has 1 saturated heterocycles. The van der Waals surface area contributed by atoms with E-state index in [4.69, 9.17) is 8.37 Å². The highest BCUT2D eigenvalue weighted by molar-refractivity contribution is 7.82. The van der Waals surface area contributed by atoms with E-state index in [0.29, 0.717) is 6.42 Å². The molecule has 0 saturated carbocycles. The molecule has 0 atom stereocenters. The fourth-order valence-electron chi connectivity index (χ4n) is 1.33. The molecule has 1 fully saturated rings. The normalized spacial score (nSPS) is 21.7. The highest BCUT2D eigenvalue weighted by atomic mass is 32.3. The van der Waals surface area contributed by atoms with Gasteiger partial charge in [-0.3, -0.25) is 0 Å². The van der Waals surface area contributed by atoms with E-state index in [0.717, 1.165) is 5.69 Å². The topological polar surface area (TPSA) is 64.6 Å². The molecule has 0 unspecified atom stereocenters. The van der Waals surface area contributed by atoms with Crippen LogP contribution in [0.1, 0.15) is 13.3 Å². The van der Waals surface area contributed by atoms with Crippen LogP contribution in [0.5, 0.6) is 0 Å². The smallest absolute Gasteiger partial charge is 0.333 e. The monoisotopic (exact) mass is 229 g/mol. The maximum atomic E-state index is 10.8. The van der Waals surface area contributed by atoms with Crippen LogP contribution in [0, 0.1) is 0 Å². The lowest BCUT2D eigenvalue weighted by Gasteiger charge is -2.38. The summed E-state index contributed by atoms with van der Waals surface area (Å²) in [5, 5.41) is 2.87. The van der Waals surface area contributed by atoms with Gasteiger partial charge in [0.15, 0.2) is 0 Å². The van der Waals surface area contributed by atoms with Gasteiger partial charge in [-0.1, -0.05) is 25.1 Å². The lowest BCUT2D eigenvalue weighted by Crippen LogP contribution is -2.55. The van der Waals surface area contributed by atoms with E-state index >= 15 is 0 Å². The molecule has 0 bridgehead atoms. The van der Waals surface area contributed by atoms with Crippen LogP contribution < -0.4 is 5.32 Å². The first-order valence-electron chi connectivity index (χ1n) is 4.55. The minimum atomic E-state index is -3.78. The van der Waals surface area contributed by atoms with Gasteiger partial charge in [0.2, 0.25) is 0 Å². The van der Waals surface area contributed by atoms with Crippen molar-refractivity contribution in [1.29, 1.82) is 0 Å². The Morgan fingerprint density at radius 2 is 1.87 bits per heavy atom. The van der Waals surface area contributed by atoms with Crippen molar-refractivity contribution in [2.24, 2.45) is 0 Å². The number of anilines is 1. The highest BCUT2D eigenvalue weighted by Gasteiger charge is 2.51. The van der Waals surface area contributed by atoms with Crippen LogP contribution in [0.3, 0.4) is 0 Å². The second-order valence-electron chi connectivity index (χ2n) is 3.17. The number of rotatable bonds is 3. The summed E-state index contributed by atoms with van der Waals surface area (Å²) >= 11 is 0. The average Bonchev–Trinajstić information content (AvgIpc) is 2.16. The maximum Gasteiger partial charge on any atom is 0.408 e. The predicted molar refractivity (Wildman–Crippen MR) is 54.2 cm³/mol. The van der Waals surface area contributed by atoms with Gasteiger partial charge >= 0.3 is 10.4 Å². The fraction of sp³-hybridized carbons (Fsp3) is 0.333. The molecule has 1 aliphatic rings. The van der Waals surface area contributed by atoms with Crippen molar-refractivity contribution in [2.45, 2.75) is 19.3 Å². The summed E-state index contributed by atoms with van der Waals surface area (Å²) in [6.45, 7) is 1.77. The molecule has 1 aromatic carbocycles. The van der Waals surface area contributed by atoms with Crippen molar-refractivity contribution in [2.75, 3.05) is 5.32 Å². The predicted octanol–water partition coefficient (Wildman–Crippen LogP) is 1.45. The van der Waals surface area contributed by atoms with E-state index in [-0.39, 0.29) is 0 Å². The third-order valence-corrected chi connectivity index (χ3v) is 2.99. The first kappa shape index (κ1) is 10.4. The molecule has 0 aliphatic carbocycles. The van der Waals surface area contributed by atoms with Gasteiger partial charge in [0.05, 0.1) is 0 Å². The molecule has 0 amide bonds. The number of hydrogen-bond acceptors (Lipinski definition) is 5. The van der Waals surface area contributed by atoms with Crippen molar-refractivity contribution in [3.05, 3.63) is 30.3 Å². The molecule has 0 spiro atoms. The summed E-state index contributed by atoms with van der Waals surface area (Å²) in [5.41, 5.74) is 0.745. The van der Waals surface area contributed by atoms with E-state index in [9.17, 15) is 8.42 Å². The molecule has 6 heteroatoms. The summed E-state index contributed by atoms with van der Waals surface area (Å²) in [4.78, 5) is 0. The Morgan fingerprint density at radius 1 is 1.27 bits per heavy atom. The molecule has 0 radical (unpaired) electrons. The van der Waals surface area contributed by atoms with Crippen molar-refractivity contribution in [1.82, 2.24) is 0 Å². The summed E-state index contributed by atoms with van der Waals surface area (Å²) in [5.74, 6) is -1.24. The van der Waals surface area contributed by atoms with E-state index in [1.165, 1.54) is 0 Å². The summed E-state index contributed by atoms with van der Waals surface area (Å²) in [6, 6.07) is 9.13. The molecule has 1 aliphatic heterocycles. The molecule has 1 N–H and O–H groups in total. The first-order chi connectivity index (χ1) is 7.05. The molecular weight excluding hydrogens is 218 g/mol. The fourth-order valence-corrected chi connectivity index (χ4v) is 2.32. The number of para-hydroxylation sites is 1.